The van der Waals surface area contributed by atoms with Crippen LogP contribution in [0.5, 0.6) is 0 Å². The van der Waals surface area contributed by atoms with Gasteiger partial charge in [-0.05, 0) is 11.6 Å². The Labute approximate surface area is 115 Å². The van der Waals surface area contributed by atoms with Crippen LogP contribution in [0.1, 0.15) is 5.56 Å². The average Bonchev–Trinajstić information content (AvgIpc) is 2.49. The molecule has 1 aromatic carbocycles. The van der Waals surface area contributed by atoms with Crippen LogP contribution in [-0.2, 0) is 6.54 Å². The second-order valence-electron chi connectivity index (χ2n) is 4.48. The molecule has 3 aromatic rings. The minimum atomic E-state index is -0.134. The highest BCUT2D eigenvalue weighted by atomic mass is 16.1. The first-order chi connectivity index (χ1) is 9.78. The van der Waals surface area contributed by atoms with E-state index in [1.807, 2.05) is 30.3 Å². The lowest BCUT2D eigenvalue weighted by Crippen LogP contribution is -2.23. The summed E-state index contributed by atoms with van der Waals surface area (Å²) in [6.45, 7) is 0.414. The molecule has 0 aliphatic heterocycles. The van der Waals surface area contributed by atoms with Gasteiger partial charge in [0.05, 0.1) is 23.9 Å². The molecule has 5 heteroatoms. The van der Waals surface area contributed by atoms with Gasteiger partial charge in [0.15, 0.2) is 0 Å². The van der Waals surface area contributed by atoms with Gasteiger partial charge >= 0.3 is 0 Å². The fraction of sp³-hybridized carbons (Fsp3) is 0.133. The van der Waals surface area contributed by atoms with E-state index >= 15 is 0 Å². The van der Waals surface area contributed by atoms with Crippen LogP contribution in [0.15, 0.2) is 53.6 Å². The van der Waals surface area contributed by atoms with Crippen LogP contribution in [-0.4, -0.2) is 21.8 Å². The summed E-state index contributed by atoms with van der Waals surface area (Å²) in [5.74, 6) is 0. The topological polar surface area (TPSA) is 59.8 Å². The molecule has 0 aliphatic rings. The normalized spacial score (nSPS) is 10.7. The first-order valence-corrected chi connectivity index (χ1v) is 6.35. The van der Waals surface area contributed by atoms with Gasteiger partial charge in [-0.1, -0.05) is 24.3 Å². The van der Waals surface area contributed by atoms with Gasteiger partial charge in [0, 0.05) is 24.7 Å². The van der Waals surface area contributed by atoms with Crippen molar-refractivity contribution in [1.82, 2.24) is 14.8 Å². The molecule has 2 heterocycles. The molecule has 0 unspecified atom stereocenters. The number of hydrogen-bond donors (Lipinski definition) is 1. The summed E-state index contributed by atoms with van der Waals surface area (Å²) in [6, 6.07) is 11.4. The minimum Gasteiger partial charge on any atom is -0.387 e. The Balaban J connectivity index is 2.03. The van der Waals surface area contributed by atoms with E-state index in [1.54, 1.807) is 19.4 Å². The fourth-order valence-corrected chi connectivity index (χ4v) is 2.15. The Morgan fingerprint density at radius 3 is 2.90 bits per heavy atom. The van der Waals surface area contributed by atoms with Gasteiger partial charge in [-0.2, -0.15) is 5.10 Å². The van der Waals surface area contributed by atoms with Gasteiger partial charge in [-0.25, -0.2) is 4.68 Å². The lowest BCUT2D eigenvalue weighted by molar-refractivity contribution is 0.642. The molecule has 0 radical (unpaired) electrons. The van der Waals surface area contributed by atoms with Crippen LogP contribution in [0.4, 0.5) is 5.69 Å². The van der Waals surface area contributed by atoms with Gasteiger partial charge in [0.2, 0.25) is 0 Å². The summed E-state index contributed by atoms with van der Waals surface area (Å²) in [6.07, 6.45) is 3.39. The van der Waals surface area contributed by atoms with E-state index in [0.717, 1.165) is 16.5 Å². The first-order valence-electron chi connectivity index (χ1n) is 6.35. The largest absolute Gasteiger partial charge is 0.387 e. The second-order valence-corrected chi connectivity index (χ2v) is 4.48. The van der Waals surface area contributed by atoms with Crippen LogP contribution in [0.2, 0.25) is 0 Å². The molecule has 0 bridgehead atoms. The Morgan fingerprint density at radius 2 is 2.10 bits per heavy atom. The lowest BCUT2D eigenvalue weighted by Gasteiger charge is -2.08. The van der Waals surface area contributed by atoms with Gasteiger partial charge in [0.25, 0.3) is 5.56 Å². The number of anilines is 1. The summed E-state index contributed by atoms with van der Waals surface area (Å²) in [4.78, 5) is 16.4. The first kappa shape index (κ1) is 12.3. The predicted octanol–water partition coefficient (Wildman–Crippen LogP) is 1.88. The van der Waals surface area contributed by atoms with Crippen LogP contribution in [0.25, 0.3) is 10.9 Å². The molecule has 5 nitrogen and oxygen atoms in total. The van der Waals surface area contributed by atoms with E-state index in [2.05, 4.69) is 15.4 Å². The van der Waals surface area contributed by atoms with E-state index in [9.17, 15) is 4.79 Å². The van der Waals surface area contributed by atoms with Crippen molar-refractivity contribution in [3.8, 4) is 0 Å². The van der Waals surface area contributed by atoms with Crippen molar-refractivity contribution in [1.29, 1.82) is 0 Å². The summed E-state index contributed by atoms with van der Waals surface area (Å²) in [7, 11) is 1.76. The molecule has 0 atom stereocenters. The maximum absolute atomic E-state index is 12.0. The predicted molar refractivity (Wildman–Crippen MR) is 78.9 cm³/mol. The monoisotopic (exact) mass is 266 g/mol. The number of hydrogen-bond acceptors (Lipinski definition) is 4. The van der Waals surface area contributed by atoms with E-state index in [0.29, 0.717) is 12.2 Å². The highest BCUT2D eigenvalue weighted by molar-refractivity contribution is 5.81. The molecule has 100 valence electrons. The third-order valence-corrected chi connectivity index (χ3v) is 3.19. The summed E-state index contributed by atoms with van der Waals surface area (Å²) >= 11 is 0. The number of benzene rings is 1. The van der Waals surface area contributed by atoms with E-state index in [-0.39, 0.29) is 5.56 Å². The van der Waals surface area contributed by atoms with Gasteiger partial charge in [0.1, 0.15) is 0 Å². The van der Waals surface area contributed by atoms with Crippen molar-refractivity contribution in [2.75, 3.05) is 12.4 Å². The number of rotatable bonds is 3. The number of fused-ring (bicyclic) bond motifs is 1. The summed E-state index contributed by atoms with van der Waals surface area (Å²) < 4.78 is 1.43. The molecule has 0 saturated carbocycles. The third kappa shape index (κ3) is 2.25. The zero-order chi connectivity index (χ0) is 13.9. The van der Waals surface area contributed by atoms with Crippen LogP contribution < -0.4 is 10.9 Å². The Kier molecular flexibility index (Phi) is 3.16. The molecule has 0 fully saturated rings. The van der Waals surface area contributed by atoms with Crippen molar-refractivity contribution in [2.45, 2.75) is 6.54 Å². The van der Waals surface area contributed by atoms with E-state index in [1.165, 1.54) is 10.7 Å². The number of para-hydroxylation sites is 1. The fourth-order valence-electron chi connectivity index (χ4n) is 2.15. The van der Waals surface area contributed by atoms with Gasteiger partial charge in [-0.15, -0.1) is 0 Å². The number of aromatic nitrogens is 3. The lowest BCUT2D eigenvalue weighted by atomic mass is 10.1. The smallest absolute Gasteiger partial charge is 0.269 e. The number of pyridine rings is 1. The van der Waals surface area contributed by atoms with Crippen molar-refractivity contribution in [2.24, 2.45) is 0 Å². The van der Waals surface area contributed by atoms with Crippen LogP contribution in [0.3, 0.4) is 0 Å². The van der Waals surface area contributed by atoms with Crippen molar-refractivity contribution < 1.29 is 0 Å². The minimum absolute atomic E-state index is 0.134. The summed E-state index contributed by atoms with van der Waals surface area (Å²) in [5.41, 5.74) is 2.46. The molecule has 0 spiro atoms. The maximum atomic E-state index is 12.0. The third-order valence-electron chi connectivity index (χ3n) is 3.19. The van der Waals surface area contributed by atoms with Crippen molar-refractivity contribution in [3.63, 3.8) is 0 Å². The highest BCUT2D eigenvalue weighted by Crippen LogP contribution is 2.16. The van der Waals surface area contributed by atoms with Gasteiger partial charge < -0.3 is 5.32 Å². The van der Waals surface area contributed by atoms with E-state index in [4.69, 9.17) is 0 Å². The molecular formula is C15H14N4O. The number of nitrogens with one attached hydrogen (secondary N) is 1. The molecule has 20 heavy (non-hydrogen) atoms. The van der Waals surface area contributed by atoms with Crippen LogP contribution in [0, 0.1) is 0 Å². The zero-order valence-corrected chi connectivity index (χ0v) is 11.1. The highest BCUT2D eigenvalue weighted by Gasteiger charge is 2.05. The molecule has 2 aromatic heterocycles. The van der Waals surface area contributed by atoms with E-state index < -0.39 is 0 Å². The van der Waals surface area contributed by atoms with Crippen molar-refractivity contribution in [3.05, 3.63) is 64.7 Å². The van der Waals surface area contributed by atoms with Gasteiger partial charge in [-0.3, -0.25) is 9.78 Å². The average molecular weight is 266 g/mol. The Hall–Kier alpha value is -2.69. The molecule has 1 N–H and O–H groups in total. The molecule has 0 amide bonds. The van der Waals surface area contributed by atoms with Crippen LogP contribution >= 0.6 is 0 Å². The summed E-state index contributed by atoms with van der Waals surface area (Å²) in [5, 5.41) is 8.13. The second kappa shape index (κ2) is 5.13. The molecule has 3 rings (SSSR count). The quantitative estimate of drug-likeness (QED) is 0.786. The standard InChI is InChI=1S/C15H14N4O/c1-16-13-8-14(20)19(18-9-13)10-12-5-2-4-11-6-3-7-17-15(11)12/h2-9,16H,10H2,1H3. The SMILES string of the molecule is CNc1cnn(Cc2cccc3cccnc23)c(=O)c1. The maximum Gasteiger partial charge on any atom is 0.269 e. The molecular weight excluding hydrogens is 252 g/mol. The molecule has 0 aliphatic carbocycles. The molecule has 0 saturated heterocycles. The Morgan fingerprint density at radius 1 is 1.25 bits per heavy atom. The zero-order valence-electron chi connectivity index (χ0n) is 11.1. The van der Waals surface area contributed by atoms with Crippen molar-refractivity contribution >= 4 is 16.6 Å². The number of nitrogens with zero attached hydrogens (tertiary/aromatic N) is 3. The Bertz CT molecular complexity index is 805.